The van der Waals surface area contributed by atoms with Crippen molar-refractivity contribution in [2.75, 3.05) is 6.61 Å². The molecule has 0 atom stereocenters. The summed E-state index contributed by atoms with van der Waals surface area (Å²) in [4.78, 5) is 12.6. The molecule has 0 fully saturated rings. The lowest BCUT2D eigenvalue weighted by molar-refractivity contribution is 0.0525. The van der Waals surface area contributed by atoms with Gasteiger partial charge in [-0.3, -0.25) is 5.41 Å². The highest BCUT2D eigenvalue weighted by atomic mass is 16.5. The number of aromatic nitrogens is 1. The normalized spacial score (nSPS) is 10.7. The zero-order valence-electron chi connectivity index (χ0n) is 18.6. The van der Waals surface area contributed by atoms with E-state index in [1.165, 1.54) is 11.1 Å². The molecule has 33 heavy (non-hydrogen) atoms. The van der Waals surface area contributed by atoms with Gasteiger partial charge >= 0.3 is 5.97 Å². The lowest BCUT2D eigenvalue weighted by atomic mass is 10.0. The molecule has 0 unspecified atom stereocenters. The Morgan fingerprint density at radius 2 is 1.64 bits per heavy atom. The van der Waals surface area contributed by atoms with Crippen LogP contribution < -0.4 is 5.73 Å². The molecule has 0 radical (unpaired) electrons. The molecule has 4 rings (SSSR count). The Balaban J connectivity index is 1.58. The zero-order valence-corrected chi connectivity index (χ0v) is 18.6. The summed E-state index contributed by atoms with van der Waals surface area (Å²) >= 11 is 0. The van der Waals surface area contributed by atoms with Crippen LogP contribution in [0.3, 0.4) is 0 Å². The van der Waals surface area contributed by atoms with E-state index in [9.17, 15) is 4.79 Å². The van der Waals surface area contributed by atoms with Crippen LogP contribution in [0.1, 0.15) is 39.5 Å². The first-order valence-corrected chi connectivity index (χ1v) is 11.0. The van der Waals surface area contributed by atoms with Crippen LogP contribution in [0.2, 0.25) is 0 Å². The molecule has 5 heteroatoms. The lowest BCUT2D eigenvalue weighted by Crippen LogP contribution is -2.11. The fraction of sp³-hybridized carbons (Fsp3) is 0.143. The van der Waals surface area contributed by atoms with Crippen LogP contribution in [0.4, 0.5) is 0 Å². The highest BCUT2D eigenvalue weighted by Crippen LogP contribution is 2.22. The molecule has 0 spiro atoms. The minimum absolute atomic E-state index is 0.0268. The third-order valence-electron chi connectivity index (χ3n) is 5.52. The molecule has 4 aromatic rings. The van der Waals surface area contributed by atoms with E-state index in [4.69, 9.17) is 15.9 Å². The van der Waals surface area contributed by atoms with Gasteiger partial charge in [-0.25, -0.2) is 4.79 Å². The van der Waals surface area contributed by atoms with Gasteiger partial charge in [0.25, 0.3) is 0 Å². The van der Waals surface area contributed by atoms with Gasteiger partial charge in [-0.2, -0.15) is 0 Å². The smallest absolute Gasteiger partial charge is 0.339 e. The maximum Gasteiger partial charge on any atom is 0.339 e. The second-order valence-corrected chi connectivity index (χ2v) is 7.94. The third kappa shape index (κ3) is 5.39. The number of carbonyl (C=O) groups excluding carboxylic acids is 1. The van der Waals surface area contributed by atoms with Crippen molar-refractivity contribution in [1.82, 2.24) is 4.57 Å². The third-order valence-corrected chi connectivity index (χ3v) is 5.52. The molecule has 3 aromatic carbocycles. The van der Waals surface area contributed by atoms with Crippen molar-refractivity contribution in [1.29, 1.82) is 5.41 Å². The van der Waals surface area contributed by atoms with Gasteiger partial charge in [-0.15, -0.1) is 0 Å². The maximum atomic E-state index is 12.6. The Kier molecular flexibility index (Phi) is 6.69. The molecule has 0 aliphatic heterocycles. The molecular weight excluding hydrogens is 410 g/mol. The van der Waals surface area contributed by atoms with Crippen LogP contribution in [-0.4, -0.2) is 23.0 Å². The van der Waals surface area contributed by atoms with Crippen LogP contribution >= 0.6 is 0 Å². The fourth-order valence-corrected chi connectivity index (χ4v) is 3.89. The van der Waals surface area contributed by atoms with Crippen LogP contribution in [0.5, 0.6) is 0 Å². The Hall–Kier alpha value is -4.12. The molecule has 0 bridgehead atoms. The van der Waals surface area contributed by atoms with Gasteiger partial charge in [-0.05, 0) is 47.2 Å². The Morgan fingerprint density at radius 1 is 0.909 bits per heavy atom. The molecular formula is C28H27N3O2. The number of benzene rings is 3. The monoisotopic (exact) mass is 437 g/mol. The van der Waals surface area contributed by atoms with Gasteiger partial charge in [0.2, 0.25) is 0 Å². The van der Waals surface area contributed by atoms with Gasteiger partial charge in [-0.1, -0.05) is 72.8 Å². The van der Waals surface area contributed by atoms with E-state index in [-0.39, 0.29) is 11.8 Å². The molecule has 166 valence electrons. The Morgan fingerprint density at radius 3 is 2.33 bits per heavy atom. The van der Waals surface area contributed by atoms with E-state index in [1.54, 1.807) is 6.92 Å². The first kappa shape index (κ1) is 22.1. The second kappa shape index (κ2) is 10.0. The molecule has 1 aromatic heterocycles. The maximum absolute atomic E-state index is 12.6. The first-order chi connectivity index (χ1) is 16.0. The minimum atomic E-state index is -0.326. The summed E-state index contributed by atoms with van der Waals surface area (Å²) in [6.45, 7) is 2.78. The second-order valence-electron chi connectivity index (χ2n) is 7.94. The molecule has 3 N–H and O–H groups in total. The van der Waals surface area contributed by atoms with Crippen molar-refractivity contribution in [3.8, 4) is 11.1 Å². The Labute approximate surface area is 194 Å². The predicted octanol–water partition coefficient (Wildman–Crippen LogP) is 5.25. The highest BCUT2D eigenvalue weighted by molar-refractivity contribution is 5.95. The van der Waals surface area contributed by atoms with Gasteiger partial charge in [0.1, 0.15) is 5.84 Å². The SMILES string of the molecule is CCOC(=O)c1cn(Cc2ccc(-c3ccccc3)cc2)cc1Cc1cccc(C(=N)N)c1. The van der Waals surface area contributed by atoms with Crippen LogP contribution in [-0.2, 0) is 17.7 Å². The van der Waals surface area contributed by atoms with E-state index in [0.29, 0.717) is 30.7 Å². The highest BCUT2D eigenvalue weighted by Gasteiger charge is 2.17. The van der Waals surface area contributed by atoms with Crippen LogP contribution in [0.15, 0.2) is 91.3 Å². The summed E-state index contributed by atoms with van der Waals surface area (Å²) in [5, 5.41) is 7.68. The number of carbonyl (C=O) groups is 1. The number of nitrogen functional groups attached to an aromatic ring is 1. The van der Waals surface area contributed by atoms with Crippen molar-refractivity contribution in [2.45, 2.75) is 19.9 Å². The van der Waals surface area contributed by atoms with Crippen molar-refractivity contribution in [3.05, 3.63) is 119 Å². The van der Waals surface area contributed by atoms with Gasteiger partial charge in [0, 0.05) is 24.5 Å². The zero-order chi connectivity index (χ0) is 23.2. The average molecular weight is 438 g/mol. The number of hydrogen-bond acceptors (Lipinski definition) is 3. The predicted molar refractivity (Wildman–Crippen MR) is 132 cm³/mol. The van der Waals surface area contributed by atoms with Crippen LogP contribution in [0, 0.1) is 5.41 Å². The molecule has 0 aliphatic rings. The molecule has 0 saturated heterocycles. The number of nitrogens with one attached hydrogen (secondary N) is 1. The minimum Gasteiger partial charge on any atom is -0.462 e. The van der Waals surface area contributed by atoms with E-state index < -0.39 is 0 Å². The molecule has 0 aliphatic carbocycles. The summed E-state index contributed by atoms with van der Waals surface area (Å²) in [6.07, 6.45) is 4.40. The number of nitrogens with zero attached hydrogens (tertiary/aromatic N) is 1. The lowest BCUT2D eigenvalue weighted by Gasteiger charge is -2.06. The Bertz CT molecular complexity index is 1260. The number of nitrogens with two attached hydrogens (primary N) is 1. The number of amidine groups is 1. The molecule has 0 saturated carbocycles. The number of hydrogen-bond donors (Lipinski definition) is 2. The summed E-state index contributed by atoms with van der Waals surface area (Å²) in [6, 6.07) is 26.3. The standard InChI is InChI=1S/C28H27N3O2/c1-2-33-28(32)26-19-31(18-25(26)16-21-7-6-10-24(15-21)27(29)30)17-20-11-13-23(14-12-20)22-8-4-3-5-9-22/h3-15,18-19H,2,16-17H2,1H3,(H3,29,30). The fourth-order valence-electron chi connectivity index (χ4n) is 3.89. The number of esters is 1. The summed E-state index contributed by atoms with van der Waals surface area (Å²) < 4.78 is 7.31. The van der Waals surface area contributed by atoms with Gasteiger partial charge < -0.3 is 15.0 Å². The van der Waals surface area contributed by atoms with Crippen molar-refractivity contribution in [2.24, 2.45) is 5.73 Å². The van der Waals surface area contributed by atoms with Gasteiger partial charge in [0.05, 0.1) is 12.2 Å². The van der Waals surface area contributed by atoms with Crippen molar-refractivity contribution in [3.63, 3.8) is 0 Å². The van der Waals surface area contributed by atoms with E-state index in [0.717, 1.165) is 16.7 Å². The number of rotatable bonds is 8. The largest absolute Gasteiger partial charge is 0.462 e. The van der Waals surface area contributed by atoms with E-state index in [1.807, 2.05) is 59.4 Å². The van der Waals surface area contributed by atoms with E-state index in [2.05, 4.69) is 36.4 Å². The van der Waals surface area contributed by atoms with Gasteiger partial charge in [0.15, 0.2) is 0 Å². The van der Waals surface area contributed by atoms with Crippen LogP contribution in [0.25, 0.3) is 11.1 Å². The first-order valence-electron chi connectivity index (χ1n) is 11.0. The average Bonchev–Trinajstić information content (AvgIpc) is 3.22. The molecule has 0 amide bonds. The summed E-state index contributed by atoms with van der Waals surface area (Å²) in [5.41, 5.74) is 12.2. The van der Waals surface area contributed by atoms with Crippen molar-refractivity contribution >= 4 is 11.8 Å². The molecule has 5 nitrogen and oxygen atoms in total. The summed E-state index contributed by atoms with van der Waals surface area (Å²) in [7, 11) is 0. The van der Waals surface area contributed by atoms with Crippen molar-refractivity contribution < 1.29 is 9.53 Å². The number of ether oxygens (including phenoxy) is 1. The summed E-state index contributed by atoms with van der Waals surface area (Å²) in [5.74, 6) is -0.299. The topological polar surface area (TPSA) is 81.1 Å². The van der Waals surface area contributed by atoms with E-state index >= 15 is 0 Å². The quantitative estimate of drug-likeness (QED) is 0.224. The molecule has 1 heterocycles.